The first-order valence-corrected chi connectivity index (χ1v) is 6.19. The van der Waals surface area contributed by atoms with Crippen LogP contribution < -0.4 is 5.32 Å². The van der Waals surface area contributed by atoms with Crippen molar-refractivity contribution in [1.82, 2.24) is 9.38 Å². The van der Waals surface area contributed by atoms with E-state index in [4.69, 9.17) is 0 Å². The Morgan fingerprint density at radius 2 is 2.11 bits per heavy atom. The molecule has 0 amide bonds. The molecular weight excluding hydrogens is 238 g/mol. The fourth-order valence-electron chi connectivity index (χ4n) is 2.18. The predicted octanol–water partition coefficient (Wildman–Crippen LogP) is 2.96. The van der Waals surface area contributed by atoms with Gasteiger partial charge in [-0.3, -0.25) is 0 Å². The third-order valence-electron chi connectivity index (χ3n) is 3.14. The molecule has 0 aliphatic carbocycles. The molecule has 2 N–H and O–H groups in total. The summed E-state index contributed by atoms with van der Waals surface area (Å²) in [6.07, 6.45) is 2.01. The number of rotatable bonds is 3. The van der Waals surface area contributed by atoms with Gasteiger partial charge in [-0.1, -0.05) is 12.1 Å². The molecule has 0 saturated heterocycles. The number of aryl methyl sites for hydroxylation is 1. The minimum atomic E-state index is 0.264. The van der Waals surface area contributed by atoms with Crippen LogP contribution in [0.4, 0.5) is 5.69 Å². The monoisotopic (exact) mass is 253 g/mol. The molecule has 0 saturated carbocycles. The molecular formula is C15H15N3O. The molecule has 4 nitrogen and oxygen atoms in total. The zero-order valence-corrected chi connectivity index (χ0v) is 10.7. The van der Waals surface area contributed by atoms with Gasteiger partial charge in [-0.15, -0.1) is 0 Å². The molecule has 96 valence electrons. The molecule has 0 aliphatic heterocycles. The van der Waals surface area contributed by atoms with E-state index >= 15 is 0 Å². The summed E-state index contributed by atoms with van der Waals surface area (Å²) >= 11 is 0. The molecule has 4 heteroatoms. The SMILES string of the molecule is Cc1nc2ccccn2c1CNc1cccc(O)c1. The number of nitrogens with zero attached hydrogens (tertiary/aromatic N) is 2. The molecule has 1 aromatic carbocycles. The summed E-state index contributed by atoms with van der Waals surface area (Å²) in [5, 5.41) is 12.7. The van der Waals surface area contributed by atoms with Crippen molar-refractivity contribution in [2.24, 2.45) is 0 Å². The van der Waals surface area contributed by atoms with Crippen LogP contribution in [0.1, 0.15) is 11.4 Å². The van der Waals surface area contributed by atoms with Crippen LogP contribution in [0.15, 0.2) is 48.7 Å². The molecule has 2 aromatic heterocycles. The van der Waals surface area contributed by atoms with Crippen molar-refractivity contribution in [3.63, 3.8) is 0 Å². The molecule has 0 radical (unpaired) electrons. The minimum absolute atomic E-state index is 0.264. The lowest BCUT2D eigenvalue weighted by atomic mass is 10.3. The van der Waals surface area contributed by atoms with Gasteiger partial charge in [-0.2, -0.15) is 0 Å². The quantitative estimate of drug-likeness (QED) is 0.754. The molecule has 3 aromatic rings. The number of pyridine rings is 1. The normalized spacial score (nSPS) is 10.8. The molecule has 2 heterocycles. The standard InChI is InChI=1S/C15H15N3O/c1-11-14(18-8-3-2-7-15(18)17-11)10-16-12-5-4-6-13(19)9-12/h2-9,16,19H,10H2,1H3. The van der Waals surface area contributed by atoms with Gasteiger partial charge in [0.2, 0.25) is 0 Å². The van der Waals surface area contributed by atoms with Gasteiger partial charge >= 0.3 is 0 Å². The van der Waals surface area contributed by atoms with Crippen LogP contribution in [0.2, 0.25) is 0 Å². The summed E-state index contributed by atoms with van der Waals surface area (Å²) in [5.74, 6) is 0.264. The Bertz CT molecular complexity index is 718. The van der Waals surface area contributed by atoms with E-state index in [1.807, 2.05) is 43.5 Å². The smallest absolute Gasteiger partial charge is 0.137 e. The number of imidazole rings is 1. The number of fused-ring (bicyclic) bond motifs is 1. The Morgan fingerprint density at radius 3 is 2.95 bits per heavy atom. The van der Waals surface area contributed by atoms with Gasteiger partial charge in [0.05, 0.1) is 17.9 Å². The average Bonchev–Trinajstić information content (AvgIpc) is 2.72. The van der Waals surface area contributed by atoms with E-state index in [2.05, 4.69) is 14.7 Å². The number of benzene rings is 1. The first kappa shape index (κ1) is 11.6. The number of hydrogen-bond acceptors (Lipinski definition) is 3. The van der Waals surface area contributed by atoms with E-state index in [0.717, 1.165) is 22.7 Å². The highest BCUT2D eigenvalue weighted by molar-refractivity contribution is 5.49. The highest BCUT2D eigenvalue weighted by Gasteiger charge is 2.07. The molecule has 19 heavy (non-hydrogen) atoms. The third-order valence-corrected chi connectivity index (χ3v) is 3.14. The van der Waals surface area contributed by atoms with Crippen LogP contribution in [0.5, 0.6) is 5.75 Å². The fraction of sp³-hybridized carbons (Fsp3) is 0.133. The lowest BCUT2D eigenvalue weighted by Gasteiger charge is -2.07. The Morgan fingerprint density at radius 1 is 1.21 bits per heavy atom. The second kappa shape index (κ2) is 4.65. The summed E-state index contributed by atoms with van der Waals surface area (Å²) in [5.41, 5.74) is 3.98. The van der Waals surface area contributed by atoms with Gasteiger partial charge in [-0.25, -0.2) is 4.98 Å². The molecule has 0 unspecified atom stereocenters. The molecule has 3 rings (SSSR count). The van der Waals surface area contributed by atoms with Gasteiger partial charge < -0.3 is 14.8 Å². The summed E-state index contributed by atoms with van der Waals surface area (Å²) in [6.45, 7) is 2.67. The van der Waals surface area contributed by atoms with Crippen LogP contribution >= 0.6 is 0 Å². The van der Waals surface area contributed by atoms with Crippen molar-refractivity contribution in [2.75, 3.05) is 5.32 Å². The van der Waals surface area contributed by atoms with Crippen LogP contribution in [-0.4, -0.2) is 14.5 Å². The number of aromatic hydroxyl groups is 1. The Hall–Kier alpha value is -2.49. The van der Waals surface area contributed by atoms with E-state index in [1.165, 1.54) is 0 Å². The van der Waals surface area contributed by atoms with Crippen molar-refractivity contribution in [2.45, 2.75) is 13.5 Å². The Labute approximate surface area is 111 Å². The number of hydrogen-bond donors (Lipinski definition) is 2. The average molecular weight is 253 g/mol. The van der Waals surface area contributed by atoms with Crippen molar-refractivity contribution in [1.29, 1.82) is 0 Å². The number of phenols is 1. The predicted molar refractivity (Wildman–Crippen MR) is 75.4 cm³/mol. The zero-order valence-electron chi connectivity index (χ0n) is 10.7. The number of anilines is 1. The summed E-state index contributed by atoms with van der Waals surface area (Å²) < 4.78 is 2.07. The Balaban J connectivity index is 1.87. The molecule has 0 fully saturated rings. The van der Waals surface area contributed by atoms with Crippen molar-refractivity contribution in [3.05, 3.63) is 60.0 Å². The maximum absolute atomic E-state index is 9.44. The van der Waals surface area contributed by atoms with Crippen LogP contribution in [0.25, 0.3) is 5.65 Å². The van der Waals surface area contributed by atoms with Crippen LogP contribution in [0, 0.1) is 6.92 Å². The third kappa shape index (κ3) is 2.25. The van der Waals surface area contributed by atoms with Gasteiger partial charge in [0.1, 0.15) is 11.4 Å². The largest absolute Gasteiger partial charge is 0.508 e. The molecule has 0 atom stereocenters. The lowest BCUT2D eigenvalue weighted by Crippen LogP contribution is -2.03. The van der Waals surface area contributed by atoms with E-state index in [-0.39, 0.29) is 5.75 Å². The topological polar surface area (TPSA) is 49.6 Å². The van der Waals surface area contributed by atoms with Gasteiger partial charge in [0.15, 0.2) is 0 Å². The molecule has 0 aliphatic rings. The fourth-order valence-corrected chi connectivity index (χ4v) is 2.18. The van der Waals surface area contributed by atoms with E-state index in [9.17, 15) is 5.11 Å². The lowest BCUT2D eigenvalue weighted by molar-refractivity contribution is 0.475. The van der Waals surface area contributed by atoms with Crippen LogP contribution in [0.3, 0.4) is 0 Å². The Kier molecular flexibility index (Phi) is 2.83. The van der Waals surface area contributed by atoms with E-state index < -0.39 is 0 Å². The summed E-state index contributed by atoms with van der Waals surface area (Å²) in [7, 11) is 0. The van der Waals surface area contributed by atoms with E-state index in [0.29, 0.717) is 6.54 Å². The first-order valence-electron chi connectivity index (χ1n) is 6.19. The van der Waals surface area contributed by atoms with Gasteiger partial charge in [-0.05, 0) is 31.2 Å². The second-order valence-corrected chi connectivity index (χ2v) is 4.48. The highest BCUT2D eigenvalue weighted by atomic mass is 16.3. The van der Waals surface area contributed by atoms with Crippen molar-refractivity contribution >= 4 is 11.3 Å². The van der Waals surface area contributed by atoms with Crippen molar-refractivity contribution < 1.29 is 5.11 Å². The highest BCUT2D eigenvalue weighted by Crippen LogP contribution is 2.18. The van der Waals surface area contributed by atoms with Gasteiger partial charge in [0, 0.05) is 18.0 Å². The van der Waals surface area contributed by atoms with Crippen molar-refractivity contribution in [3.8, 4) is 5.75 Å². The minimum Gasteiger partial charge on any atom is -0.508 e. The van der Waals surface area contributed by atoms with E-state index in [1.54, 1.807) is 12.1 Å². The molecule has 0 spiro atoms. The molecule has 0 bridgehead atoms. The van der Waals surface area contributed by atoms with Gasteiger partial charge in [0.25, 0.3) is 0 Å². The maximum Gasteiger partial charge on any atom is 0.137 e. The first-order chi connectivity index (χ1) is 9.24. The number of aromatic nitrogens is 2. The number of nitrogens with one attached hydrogen (secondary N) is 1. The second-order valence-electron chi connectivity index (χ2n) is 4.48. The zero-order chi connectivity index (χ0) is 13.2. The maximum atomic E-state index is 9.44. The van der Waals surface area contributed by atoms with Crippen LogP contribution in [-0.2, 0) is 6.54 Å². The number of phenolic OH excluding ortho intramolecular Hbond substituents is 1. The summed E-state index contributed by atoms with van der Waals surface area (Å²) in [6, 6.07) is 13.1. The summed E-state index contributed by atoms with van der Waals surface area (Å²) in [4.78, 5) is 4.52.